The fourth-order valence-electron chi connectivity index (χ4n) is 1.88. The summed E-state index contributed by atoms with van der Waals surface area (Å²) in [6.07, 6.45) is 0. The van der Waals surface area contributed by atoms with E-state index in [1.54, 1.807) is 11.7 Å². The minimum Gasteiger partial charge on any atom is -0.438 e. The monoisotopic (exact) mass is 361 g/mol. The number of benzene rings is 1. The lowest BCUT2D eigenvalue weighted by molar-refractivity contribution is 0.419. The first-order valence-corrected chi connectivity index (χ1v) is 7.10. The molecule has 20 heavy (non-hydrogen) atoms. The van der Waals surface area contributed by atoms with Crippen molar-refractivity contribution in [3.63, 3.8) is 0 Å². The fourth-order valence-corrected chi connectivity index (χ4v) is 2.60. The second-order valence-electron chi connectivity index (χ2n) is 4.32. The van der Waals surface area contributed by atoms with Gasteiger partial charge in [-0.05, 0) is 36.0 Å². The minimum atomic E-state index is -0.529. The lowest BCUT2D eigenvalue weighted by Gasteiger charge is -2.11. The Morgan fingerprint density at radius 2 is 2.20 bits per heavy atom. The molecule has 1 aromatic heterocycles. The fraction of sp³-hybridized carbons (Fsp3) is 0.308. The van der Waals surface area contributed by atoms with E-state index in [4.69, 9.17) is 16.3 Å². The highest BCUT2D eigenvalue weighted by molar-refractivity contribution is 9.10. The van der Waals surface area contributed by atoms with Crippen LogP contribution in [0.3, 0.4) is 0 Å². The highest BCUT2D eigenvalue weighted by Gasteiger charge is 2.17. The molecule has 0 radical (unpaired) electrons. The Morgan fingerprint density at radius 1 is 1.50 bits per heavy atom. The van der Waals surface area contributed by atoms with Gasteiger partial charge in [0.1, 0.15) is 11.6 Å². The first-order chi connectivity index (χ1) is 9.43. The molecular formula is C13H14BrClFN3O. The number of hydrogen-bond donors (Lipinski definition) is 1. The smallest absolute Gasteiger partial charge is 0.222 e. The second kappa shape index (κ2) is 6.11. The summed E-state index contributed by atoms with van der Waals surface area (Å²) in [7, 11) is 3.62. The van der Waals surface area contributed by atoms with Crippen LogP contribution < -0.4 is 10.1 Å². The van der Waals surface area contributed by atoms with E-state index in [0.29, 0.717) is 22.6 Å². The van der Waals surface area contributed by atoms with E-state index in [1.165, 1.54) is 12.1 Å². The third kappa shape index (κ3) is 2.97. The summed E-state index contributed by atoms with van der Waals surface area (Å²) in [5.41, 5.74) is 1.79. The molecule has 0 spiro atoms. The second-order valence-corrected chi connectivity index (χ2v) is 5.58. The first-order valence-electron chi connectivity index (χ1n) is 5.93. The number of aromatic nitrogens is 2. The zero-order valence-electron chi connectivity index (χ0n) is 11.3. The van der Waals surface area contributed by atoms with Gasteiger partial charge in [-0.2, -0.15) is 5.10 Å². The minimum absolute atomic E-state index is 0.0425. The average Bonchev–Trinajstić information content (AvgIpc) is 2.63. The van der Waals surface area contributed by atoms with Crippen molar-refractivity contribution in [1.29, 1.82) is 0 Å². The van der Waals surface area contributed by atoms with Gasteiger partial charge >= 0.3 is 0 Å². The molecule has 0 atom stereocenters. The van der Waals surface area contributed by atoms with Crippen LogP contribution in [0.4, 0.5) is 4.39 Å². The number of rotatable bonds is 4. The molecule has 0 aliphatic rings. The highest BCUT2D eigenvalue weighted by atomic mass is 79.9. The van der Waals surface area contributed by atoms with E-state index < -0.39 is 5.82 Å². The molecule has 2 aromatic rings. The van der Waals surface area contributed by atoms with Crippen LogP contribution in [-0.4, -0.2) is 16.8 Å². The van der Waals surface area contributed by atoms with E-state index >= 15 is 0 Å². The molecule has 0 aliphatic carbocycles. The quantitative estimate of drug-likeness (QED) is 0.841. The topological polar surface area (TPSA) is 39.1 Å². The van der Waals surface area contributed by atoms with E-state index in [-0.39, 0.29) is 5.02 Å². The Labute approximate surface area is 130 Å². The predicted octanol–water partition coefficient (Wildman–Crippen LogP) is 3.80. The molecule has 0 saturated carbocycles. The Kier molecular flexibility index (Phi) is 4.67. The molecule has 0 bridgehead atoms. The molecule has 108 valence electrons. The predicted molar refractivity (Wildman–Crippen MR) is 79.9 cm³/mol. The molecule has 4 nitrogen and oxygen atoms in total. The largest absolute Gasteiger partial charge is 0.438 e. The molecule has 1 heterocycles. The van der Waals surface area contributed by atoms with Gasteiger partial charge in [-0.25, -0.2) is 9.07 Å². The van der Waals surface area contributed by atoms with Crippen LogP contribution in [-0.2, 0) is 13.6 Å². The maximum Gasteiger partial charge on any atom is 0.222 e. The molecule has 1 aromatic carbocycles. The van der Waals surface area contributed by atoms with Crippen molar-refractivity contribution in [1.82, 2.24) is 15.1 Å². The van der Waals surface area contributed by atoms with Gasteiger partial charge in [0.15, 0.2) is 0 Å². The lowest BCUT2D eigenvalue weighted by atomic mass is 10.2. The van der Waals surface area contributed by atoms with E-state index in [9.17, 15) is 4.39 Å². The summed E-state index contributed by atoms with van der Waals surface area (Å²) in [6.45, 7) is 2.51. The molecule has 0 fully saturated rings. The van der Waals surface area contributed by atoms with Crippen LogP contribution in [0.15, 0.2) is 16.6 Å². The average molecular weight is 363 g/mol. The van der Waals surface area contributed by atoms with Gasteiger partial charge in [0, 0.05) is 19.7 Å². The van der Waals surface area contributed by atoms with Crippen LogP contribution in [0, 0.1) is 12.7 Å². The zero-order chi connectivity index (χ0) is 14.9. The molecule has 7 heteroatoms. The van der Waals surface area contributed by atoms with Crippen LogP contribution in [0.25, 0.3) is 0 Å². The van der Waals surface area contributed by atoms with Gasteiger partial charge in [-0.15, -0.1) is 0 Å². The standard InChI is InChI=1S/C13H14BrClFN3O/c1-7-8(6-17-2)13(19(3)18-7)20-12-5-11(16)10(15)4-9(12)14/h4-5,17H,6H2,1-3H3. The van der Waals surface area contributed by atoms with Crippen LogP contribution in [0.1, 0.15) is 11.3 Å². The number of nitrogens with one attached hydrogen (secondary N) is 1. The van der Waals surface area contributed by atoms with Crippen molar-refractivity contribution in [3.8, 4) is 11.6 Å². The Bertz CT molecular complexity index is 645. The SMILES string of the molecule is CNCc1c(C)nn(C)c1Oc1cc(F)c(Cl)cc1Br. The van der Waals surface area contributed by atoms with Gasteiger partial charge in [0.05, 0.1) is 20.8 Å². The summed E-state index contributed by atoms with van der Waals surface area (Å²) in [5, 5.41) is 7.41. The van der Waals surface area contributed by atoms with Crippen molar-refractivity contribution in [3.05, 3.63) is 38.7 Å². The maximum absolute atomic E-state index is 13.5. The number of halogens is 3. The third-order valence-corrected chi connectivity index (χ3v) is 3.73. The van der Waals surface area contributed by atoms with Crippen molar-refractivity contribution < 1.29 is 9.13 Å². The van der Waals surface area contributed by atoms with Crippen LogP contribution in [0.5, 0.6) is 11.6 Å². The van der Waals surface area contributed by atoms with Gasteiger partial charge in [0.2, 0.25) is 5.88 Å². The Morgan fingerprint density at radius 3 is 2.85 bits per heavy atom. The van der Waals surface area contributed by atoms with Crippen LogP contribution in [0.2, 0.25) is 5.02 Å². The van der Waals surface area contributed by atoms with Crippen molar-refractivity contribution in [2.24, 2.45) is 7.05 Å². The summed E-state index contributed by atoms with van der Waals surface area (Å²) >= 11 is 9.03. The van der Waals surface area contributed by atoms with Gasteiger partial charge in [0.25, 0.3) is 0 Å². The molecule has 0 aliphatic heterocycles. The van der Waals surface area contributed by atoms with Gasteiger partial charge < -0.3 is 10.1 Å². The summed E-state index contributed by atoms with van der Waals surface area (Å²) in [4.78, 5) is 0. The lowest BCUT2D eigenvalue weighted by Crippen LogP contribution is -2.07. The highest BCUT2D eigenvalue weighted by Crippen LogP contribution is 2.35. The van der Waals surface area contributed by atoms with Gasteiger partial charge in [-0.3, -0.25) is 0 Å². The third-order valence-electron chi connectivity index (χ3n) is 2.82. The zero-order valence-corrected chi connectivity index (χ0v) is 13.6. The van der Waals surface area contributed by atoms with E-state index in [2.05, 4.69) is 26.3 Å². The molecule has 1 N–H and O–H groups in total. The Balaban J connectivity index is 2.42. The number of nitrogens with zero attached hydrogens (tertiary/aromatic N) is 2. The molecule has 0 unspecified atom stereocenters. The normalized spacial score (nSPS) is 10.9. The van der Waals surface area contributed by atoms with Crippen molar-refractivity contribution in [2.75, 3.05) is 7.05 Å². The number of ether oxygens (including phenoxy) is 1. The number of hydrogen-bond acceptors (Lipinski definition) is 3. The van der Waals surface area contributed by atoms with Crippen molar-refractivity contribution in [2.45, 2.75) is 13.5 Å². The van der Waals surface area contributed by atoms with E-state index in [1.807, 2.05) is 14.0 Å². The van der Waals surface area contributed by atoms with E-state index in [0.717, 1.165) is 11.3 Å². The molecule has 0 saturated heterocycles. The Hall–Kier alpha value is -1.11. The maximum atomic E-state index is 13.5. The van der Waals surface area contributed by atoms with Gasteiger partial charge in [-0.1, -0.05) is 11.6 Å². The first kappa shape index (κ1) is 15.3. The summed E-state index contributed by atoms with van der Waals surface area (Å²) in [5.74, 6) is 0.394. The summed E-state index contributed by atoms with van der Waals surface area (Å²) < 4.78 is 21.6. The van der Waals surface area contributed by atoms with Crippen molar-refractivity contribution >= 4 is 27.5 Å². The number of aryl methyl sites for hydroxylation is 2. The molecular weight excluding hydrogens is 349 g/mol. The molecule has 2 rings (SSSR count). The van der Waals surface area contributed by atoms with Crippen LogP contribution >= 0.6 is 27.5 Å². The molecule has 0 amide bonds. The summed E-state index contributed by atoms with van der Waals surface area (Å²) in [6, 6.07) is 2.71.